The number of hydrogen-bond acceptors (Lipinski definition) is 4. The van der Waals surface area contributed by atoms with Crippen molar-refractivity contribution < 1.29 is 18.4 Å². The van der Waals surface area contributed by atoms with E-state index in [9.17, 15) is 18.4 Å². The summed E-state index contributed by atoms with van der Waals surface area (Å²) in [4.78, 5) is 27.9. The van der Waals surface area contributed by atoms with E-state index in [0.29, 0.717) is 12.2 Å². The van der Waals surface area contributed by atoms with Gasteiger partial charge in [-0.05, 0) is 35.4 Å². The SMILES string of the molecule is O=C(NCc1ccncc1)Nc1cccc(CNC(=O)C2CC(F)(F)CN2)c1. The first-order valence-corrected chi connectivity index (χ1v) is 8.83. The highest BCUT2D eigenvalue weighted by Gasteiger charge is 2.42. The second kappa shape index (κ2) is 8.75. The van der Waals surface area contributed by atoms with Crippen LogP contribution in [-0.2, 0) is 17.9 Å². The van der Waals surface area contributed by atoms with Gasteiger partial charge in [-0.3, -0.25) is 15.1 Å². The molecule has 1 atom stereocenters. The first-order valence-electron chi connectivity index (χ1n) is 8.83. The average Bonchev–Trinajstić information content (AvgIpc) is 3.05. The van der Waals surface area contributed by atoms with Crippen molar-refractivity contribution in [2.75, 3.05) is 11.9 Å². The van der Waals surface area contributed by atoms with Crippen molar-refractivity contribution in [2.24, 2.45) is 0 Å². The highest BCUT2D eigenvalue weighted by Crippen LogP contribution is 2.25. The summed E-state index contributed by atoms with van der Waals surface area (Å²) in [5.74, 6) is -3.32. The van der Waals surface area contributed by atoms with Gasteiger partial charge in [-0.15, -0.1) is 0 Å². The molecule has 3 amide bonds. The topological polar surface area (TPSA) is 95.2 Å². The summed E-state index contributed by atoms with van der Waals surface area (Å²) in [6.07, 6.45) is 2.79. The number of amides is 3. The number of urea groups is 1. The molecule has 1 aromatic carbocycles. The number of anilines is 1. The number of pyridine rings is 1. The lowest BCUT2D eigenvalue weighted by atomic mass is 10.1. The van der Waals surface area contributed by atoms with Crippen molar-refractivity contribution >= 4 is 17.6 Å². The number of rotatable bonds is 6. The standard InChI is InChI=1S/C19H21F2N5O2/c20-19(21)9-16(25-12-19)17(27)23-11-14-2-1-3-15(8-14)26-18(28)24-10-13-4-6-22-7-5-13/h1-8,16,25H,9-12H2,(H,23,27)(H2,24,26,28). The maximum Gasteiger partial charge on any atom is 0.319 e. The number of hydrogen-bond donors (Lipinski definition) is 4. The molecule has 4 N–H and O–H groups in total. The molecule has 2 heterocycles. The molecule has 1 unspecified atom stereocenters. The van der Waals surface area contributed by atoms with E-state index < -0.39 is 30.8 Å². The molecule has 1 aromatic heterocycles. The van der Waals surface area contributed by atoms with Crippen LogP contribution in [-0.4, -0.2) is 35.4 Å². The second-order valence-electron chi connectivity index (χ2n) is 6.57. The summed E-state index contributed by atoms with van der Waals surface area (Å²) < 4.78 is 26.3. The zero-order valence-electron chi connectivity index (χ0n) is 15.0. The molecule has 7 nitrogen and oxygen atoms in total. The molecule has 1 aliphatic heterocycles. The molecule has 3 rings (SSSR count). The molecule has 1 saturated heterocycles. The van der Waals surface area contributed by atoms with Gasteiger partial charge in [0.15, 0.2) is 0 Å². The fourth-order valence-corrected chi connectivity index (χ4v) is 2.83. The van der Waals surface area contributed by atoms with Gasteiger partial charge in [0.05, 0.1) is 12.6 Å². The maximum absolute atomic E-state index is 13.2. The molecule has 2 aromatic rings. The minimum Gasteiger partial charge on any atom is -0.351 e. The fourth-order valence-electron chi connectivity index (χ4n) is 2.83. The zero-order valence-corrected chi connectivity index (χ0v) is 15.0. The molecule has 1 fully saturated rings. The van der Waals surface area contributed by atoms with Gasteiger partial charge in [-0.2, -0.15) is 0 Å². The van der Waals surface area contributed by atoms with E-state index in [4.69, 9.17) is 0 Å². The molecule has 0 bridgehead atoms. The van der Waals surface area contributed by atoms with Crippen LogP contribution in [0.3, 0.4) is 0 Å². The number of nitrogens with zero attached hydrogens (tertiary/aromatic N) is 1. The Labute approximate surface area is 160 Å². The molecule has 1 aliphatic rings. The number of aromatic nitrogens is 1. The third-order valence-electron chi connectivity index (χ3n) is 4.28. The van der Waals surface area contributed by atoms with Crippen molar-refractivity contribution in [3.05, 3.63) is 59.9 Å². The van der Waals surface area contributed by atoms with Gasteiger partial charge in [-0.25, -0.2) is 13.6 Å². The van der Waals surface area contributed by atoms with Crippen LogP contribution in [0.25, 0.3) is 0 Å². The van der Waals surface area contributed by atoms with Gasteiger partial charge < -0.3 is 16.0 Å². The van der Waals surface area contributed by atoms with Crippen molar-refractivity contribution in [2.45, 2.75) is 31.5 Å². The lowest BCUT2D eigenvalue weighted by Crippen LogP contribution is -2.40. The maximum atomic E-state index is 13.2. The van der Waals surface area contributed by atoms with Gasteiger partial charge in [-0.1, -0.05) is 12.1 Å². The highest BCUT2D eigenvalue weighted by molar-refractivity contribution is 5.89. The molecule has 9 heteroatoms. The van der Waals surface area contributed by atoms with Gasteiger partial charge >= 0.3 is 6.03 Å². The van der Waals surface area contributed by atoms with Crippen molar-refractivity contribution in [1.29, 1.82) is 0 Å². The minimum absolute atomic E-state index is 0.177. The number of halogens is 2. The highest BCUT2D eigenvalue weighted by atomic mass is 19.3. The Morgan fingerprint density at radius 1 is 1.11 bits per heavy atom. The molecule has 28 heavy (non-hydrogen) atoms. The lowest BCUT2D eigenvalue weighted by molar-refractivity contribution is -0.123. The van der Waals surface area contributed by atoms with Gasteiger partial charge in [0.2, 0.25) is 5.91 Å². The van der Waals surface area contributed by atoms with Crippen molar-refractivity contribution in [3.8, 4) is 0 Å². The smallest absolute Gasteiger partial charge is 0.319 e. The summed E-state index contributed by atoms with van der Waals surface area (Å²) in [6.45, 7) is 0.0545. The normalized spacial score (nSPS) is 17.7. The Hall–Kier alpha value is -3.07. The van der Waals surface area contributed by atoms with Crippen molar-refractivity contribution in [3.63, 3.8) is 0 Å². The van der Waals surface area contributed by atoms with E-state index in [2.05, 4.69) is 26.3 Å². The predicted octanol–water partition coefficient (Wildman–Crippen LogP) is 2.02. The first kappa shape index (κ1) is 19.7. The van der Waals surface area contributed by atoms with E-state index in [1.807, 2.05) is 0 Å². The third kappa shape index (κ3) is 5.71. The molecule has 0 spiro atoms. The zero-order chi connectivity index (χ0) is 20.0. The number of carbonyl (C=O) groups is 2. The van der Waals surface area contributed by atoms with Crippen LogP contribution >= 0.6 is 0 Å². The van der Waals surface area contributed by atoms with E-state index >= 15 is 0 Å². The summed E-state index contributed by atoms with van der Waals surface area (Å²) in [5, 5.41) is 10.6. The summed E-state index contributed by atoms with van der Waals surface area (Å²) in [7, 11) is 0. The van der Waals surface area contributed by atoms with E-state index in [-0.39, 0.29) is 12.6 Å². The van der Waals surface area contributed by atoms with Gasteiger partial charge in [0, 0.05) is 37.6 Å². The van der Waals surface area contributed by atoms with E-state index in [0.717, 1.165) is 11.1 Å². The number of benzene rings is 1. The largest absolute Gasteiger partial charge is 0.351 e. The lowest BCUT2D eigenvalue weighted by Gasteiger charge is -2.12. The molecule has 0 radical (unpaired) electrons. The third-order valence-corrected chi connectivity index (χ3v) is 4.28. The molecular formula is C19H21F2N5O2. The van der Waals surface area contributed by atoms with Crippen LogP contribution in [0.5, 0.6) is 0 Å². The van der Waals surface area contributed by atoms with Crippen LogP contribution in [0.15, 0.2) is 48.8 Å². The Kier molecular flexibility index (Phi) is 6.15. The van der Waals surface area contributed by atoms with Crippen LogP contribution in [0.4, 0.5) is 19.3 Å². The molecular weight excluding hydrogens is 368 g/mol. The predicted molar refractivity (Wildman–Crippen MR) is 99.7 cm³/mol. The molecule has 0 saturated carbocycles. The fraction of sp³-hybridized carbons (Fsp3) is 0.316. The van der Waals surface area contributed by atoms with E-state index in [1.165, 1.54) is 0 Å². The average molecular weight is 389 g/mol. The summed E-state index contributed by atoms with van der Waals surface area (Å²) in [6, 6.07) is 9.29. The van der Waals surface area contributed by atoms with E-state index in [1.54, 1.807) is 48.8 Å². The Morgan fingerprint density at radius 3 is 2.57 bits per heavy atom. The number of alkyl halides is 2. The van der Waals surface area contributed by atoms with Crippen molar-refractivity contribution in [1.82, 2.24) is 20.9 Å². The monoisotopic (exact) mass is 389 g/mol. The Morgan fingerprint density at radius 2 is 1.86 bits per heavy atom. The van der Waals surface area contributed by atoms with Crippen LogP contribution in [0.1, 0.15) is 17.5 Å². The van der Waals surface area contributed by atoms with Gasteiger partial charge in [0.1, 0.15) is 0 Å². The van der Waals surface area contributed by atoms with Gasteiger partial charge in [0.25, 0.3) is 5.92 Å². The summed E-state index contributed by atoms with van der Waals surface area (Å²) >= 11 is 0. The summed E-state index contributed by atoms with van der Waals surface area (Å²) in [5.41, 5.74) is 2.22. The van der Waals surface area contributed by atoms with Crippen LogP contribution < -0.4 is 21.3 Å². The first-order chi connectivity index (χ1) is 13.4. The molecule has 148 valence electrons. The Bertz CT molecular complexity index is 832. The van der Waals surface area contributed by atoms with Crippen LogP contribution in [0, 0.1) is 0 Å². The number of carbonyl (C=O) groups excluding carboxylic acids is 2. The second-order valence-corrected chi connectivity index (χ2v) is 6.57. The quantitative estimate of drug-likeness (QED) is 0.608. The minimum atomic E-state index is -2.85. The molecule has 0 aliphatic carbocycles. The van der Waals surface area contributed by atoms with Crippen LogP contribution in [0.2, 0.25) is 0 Å². The Balaban J connectivity index is 1.47. The number of nitrogens with one attached hydrogen (secondary N) is 4.